The van der Waals surface area contributed by atoms with Crippen LogP contribution in [0, 0.1) is 0 Å². The number of carbonyl (C=O) groups is 1. The Labute approximate surface area is 106 Å². The van der Waals surface area contributed by atoms with Crippen LogP contribution in [0.3, 0.4) is 0 Å². The molecule has 0 aromatic carbocycles. The number of aromatic nitrogens is 3. The predicted octanol–water partition coefficient (Wildman–Crippen LogP) is 0.350. The van der Waals surface area contributed by atoms with Crippen LogP contribution in [-0.4, -0.2) is 27.1 Å². The molecule has 9 heteroatoms. The van der Waals surface area contributed by atoms with Gasteiger partial charge in [0, 0.05) is 11.6 Å². The summed E-state index contributed by atoms with van der Waals surface area (Å²) in [6.07, 6.45) is 3.20. The highest BCUT2D eigenvalue weighted by molar-refractivity contribution is 7.13. The van der Waals surface area contributed by atoms with Crippen molar-refractivity contribution in [3.05, 3.63) is 29.3 Å². The zero-order chi connectivity index (χ0) is 13.0. The summed E-state index contributed by atoms with van der Waals surface area (Å²) in [7, 11) is 0. The Morgan fingerprint density at radius 1 is 1.67 bits per heavy atom. The van der Waals surface area contributed by atoms with Crippen molar-refractivity contribution in [2.75, 3.05) is 5.73 Å². The number of nitrogen functional groups attached to an aromatic ring is 1. The van der Waals surface area contributed by atoms with Crippen LogP contribution in [0.5, 0.6) is 0 Å². The summed E-state index contributed by atoms with van der Waals surface area (Å²) >= 11 is 1.26. The molecular formula is C9H9N6O2S. The van der Waals surface area contributed by atoms with Crippen LogP contribution < -0.4 is 11.5 Å². The van der Waals surface area contributed by atoms with Crippen LogP contribution in [0.4, 0.5) is 5.13 Å². The minimum absolute atomic E-state index is 0.398. The molecule has 0 bridgehead atoms. The summed E-state index contributed by atoms with van der Waals surface area (Å²) in [5, 5.41) is 5.53. The molecule has 93 valence electrons. The summed E-state index contributed by atoms with van der Waals surface area (Å²) in [4.78, 5) is 26.5. The van der Waals surface area contributed by atoms with Crippen molar-refractivity contribution in [2.24, 2.45) is 5.16 Å². The van der Waals surface area contributed by atoms with Gasteiger partial charge in [0.15, 0.2) is 5.13 Å². The molecule has 1 unspecified atom stereocenters. The predicted molar refractivity (Wildman–Crippen MR) is 64.6 cm³/mol. The number of hydrogen-bond acceptors (Lipinski definition) is 7. The number of amides is 1. The monoisotopic (exact) mass is 265 g/mol. The molecule has 2 aromatic rings. The standard InChI is InChI=1S/C9H9N6O2S/c10-7(16)2-14-17-8(5-1-12-4-13-5)6-3-18-9(11)15-6/h1-4,8,10H,(H2,11,15)(H,12,13). The number of imidazole rings is 1. The molecule has 0 aliphatic carbocycles. The lowest BCUT2D eigenvalue weighted by molar-refractivity contribution is -0.112. The highest BCUT2D eigenvalue weighted by atomic mass is 32.1. The van der Waals surface area contributed by atoms with Crippen molar-refractivity contribution >= 4 is 28.6 Å². The van der Waals surface area contributed by atoms with Gasteiger partial charge in [0.2, 0.25) is 6.10 Å². The molecule has 8 nitrogen and oxygen atoms in total. The molecule has 2 aromatic heterocycles. The fraction of sp³-hybridized carbons (Fsp3) is 0.111. The molecule has 0 saturated heterocycles. The van der Waals surface area contributed by atoms with Gasteiger partial charge in [0.25, 0.3) is 5.91 Å². The third-order valence-corrected chi connectivity index (χ3v) is 2.62. The van der Waals surface area contributed by atoms with Gasteiger partial charge in [-0.15, -0.1) is 11.3 Å². The number of oxime groups is 1. The van der Waals surface area contributed by atoms with E-state index in [0.29, 0.717) is 16.5 Å². The molecule has 1 amide bonds. The summed E-state index contributed by atoms with van der Waals surface area (Å²) in [5.74, 6) is -0.950. The Kier molecular flexibility index (Phi) is 3.53. The second-order valence-electron chi connectivity index (χ2n) is 3.19. The first kappa shape index (κ1) is 12.0. The van der Waals surface area contributed by atoms with Gasteiger partial charge in [-0.2, -0.15) is 0 Å². The number of hydrogen-bond donors (Lipinski definition) is 2. The fourth-order valence-electron chi connectivity index (χ4n) is 1.23. The van der Waals surface area contributed by atoms with Gasteiger partial charge >= 0.3 is 0 Å². The van der Waals surface area contributed by atoms with Crippen LogP contribution in [0.25, 0.3) is 0 Å². The lowest BCUT2D eigenvalue weighted by Gasteiger charge is -2.09. The van der Waals surface area contributed by atoms with Crippen molar-refractivity contribution < 1.29 is 9.63 Å². The maximum absolute atomic E-state index is 10.4. The Balaban J connectivity index is 2.21. The van der Waals surface area contributed by atoms with Gasteiger partial charge in [0.1, 0.15) is 17.6 Å². The summed E-state index contributed by atoms with van der Waals surface area (Å²) < 4.78 is 0. The zero-order valence-electron chi connectivity index (χ0n) is 9.03. The van der Waals surface area contributed by atoms with E-state index in [1.54, 1.807) is 11.6 Å². The second-order valence-corrected chi connectivity index (χ2v) is 4.08. The topological polar surface area (TPSA) is 130 Å². The number of thiazole rings is 1. The van der Waals surface area contributed by atoms with E-state index in [1.807, 2.05) is 0 Å². The quantitative estimate of drug-likeness (QED) is 0.595. The third-order valence-electron chi connectivity index (χ3n) is 1.93. The van der Waals surface area contributed by atoms with Crippen LogP contribution >= 0.6 is 11.3 Å². The smallest absolute Gasteiger partial charge is 0.284 e. The molecule has 0 spiro atoms. The largest absolute Gasteiger partial charge is 0.379 e. The summed E-state index contributed by atoms with van der Waals surface area (Å²) in [6.45, 7) is 0. The Bertz CT molecular complexity index is 549. The van der Waals surface area contributed by atoms with Crippen molar-refractivity contribution in [1.82, 2.24) is 20.7 Å². The zero-order valence-corrected chi connectivity index (χ0v) is 9.85. The minimum Gasteiger partial charge on any atom is -0.379 e. The van der Waals surface area contributed by atoms with Crippen molar-refractivity contribution in [3.8, 4) is 0 Å². The van der Waals surface area contributed by atoms with Gasteiger partial charge in [-0.3, -0.25) is 10.5 Å². The fourth-order valence-corrected chi connectivity index (χ4v) is 1.81. The normalized spacial score (nSPS) is 12.7. The van der Waals surface area contributed by atoms with Gasteiger partial charge < -0.3 is 15.6 Å². The number of H-pyrrole nitrogens is 1. The first-order valence-electron chi connectivity index (χ1n) is 4.81. The molecule has 2 heterocycles. The SMILES string of the molecule is [NH]C(=O)C=NOC(c1c[nH]cn1)c1csc(N)n1. The minimum atomic E-state index is -0.950. The number of anilines is 1. The molecule has 1 radical (unpaired) electrons. The number of rotatable bonds is 5. The van der Waals surface area contributed by atoms with Crippen LogP contribution in [0.15, 0.2) is 23.1 Å². The van der Waals surface area contributed by atoms with E-state index in [4.69, 9.17) is 16.3 Å². The number of nitrogens with zero attached hydrogens (tertiary/aromatic N) is 3. The second kappa shape index (κ2) is 5.27. The summed E-state index contributed by atoms with van der Waals surface area (Å²) in [5.41, 5.74) is 13.3. The number of carbonyl (C=O) groups excluding carboxylic acids is 1. The van der Waals surface area contributed by atoms with Crippen molar-refractivity contribution in [3.63, 3.8) is 0 Å². The Hall–Kier alpha value is -2.42. The molecule has 2 rings (SSSR count). The van der Waals surface area contributed by atoms with E-state index in [0.717, 1.165) is 6.21 Å². The van der Waals surface area contributed by atoms with Crippen molar-refractivity contribution in [2.45, 2.75) is 6.10 Å². The lowest BCUT2D eigenvalue weighted by atomic mass is 10.2. The van der Waals surface area contributed by atoms with Gasteiger partial charge in [-0.05, 0) is 0 Å². The Morgan fingerprint density at radius 3 is 3.06 bits per heavy atom. The van der Waals surface area contributed by atoms with Crippen LogP contribution in [-0.2, 0) is 9.63 Å². The first-order valence-corrected chi connectivity index (χ1v) is 5.69. The van der Waals surface area contributed by atoms with Gasteiger partial charge in [-0.25, -0.2) is 9.97 Å². The number of nitrogens with one attached hydrogen (secondary N) is 2. The van der Waals surface area contributed by atoms with Gasteiger partial charge in [-0.1, -0.05) is 5.16 Å². The van der Waals surface area contributed by atoms with E-state index in [2.05, 4.69) is 20.1 Å². The average molecular weight is 265 g/mol. The molecule has 0 aliphatic rings. The van der Waals surface area contributed by atoms with E-state index < -0.39 is 12.0 Å². The van der Waals surface area contributed by atoms with Crippen LogP contribution in [0.2, 0.25) is 0 Å². The molecular weight excluding hydrogens is 256 g/mol. The maximum Gasteiger partial charge on any atom is 0.284 e. The van der Waals surface area contributed by atoms with E-state index in [9.17, 15) is 4.79 Å². The molecule has 4 N–H and O–H groups in total. The molecule has 0 saturated carbocycles. The molecule has 0 aliphatic heterocycles. The molecule has 0 fully saturated rings. The average Bonchev–Trinajstić information content (AvgIpc) is 2.95. The van der Waals surface area contributed by atoms with Crippen LogP contribution in [0.1, 0.15) is 17.5 Å². The van der Waals surface area contributed by atoms with Gasteiger partial charge in [0.05, 0.1) is 6.33 Å². The number of nitrogens with two attached hydrogens (primary N) is 1. The Morgan fingerprint density at radius 2 is 2.50 bits per heavy atom. The first-order chi connectivity index (χ1) is 8.66. The molecule has 18 heavy (non-hydrogen) atoms. The van der Waals surface area contributed by atoms with E-state index >= 15 is 0 Å². The summed E-state index contributed by atoms with van der Waals surface area (Å²) in [6, 6.07) is 0. The molecule has 1 atom stereocenters. The highest BCUT2D eigenvalue weighted by Crippen LogP contribution is 2.26. The highest BCUT2D eigenvalue weighted by Gasteiger charge is 2.20. The maximum atomic E-state index is 10.4. The van der Waals surface area contributed by atoms with E-state index in [-0.39, 0.29) is 0 Å². The third kappa shape index (κ3) is 2.83. The number of aromatic amines is 1. The lowest BCUT2D eigenvalue weighted by Crippen LogP contribution is -2.06. The van der Waals surface area contributed by atoms with E-state index in [1.165, 1.54) is 17.7 Å². The van der Waals surface area contributed by atoms with Crippen molar-refractivity contribution in [1.29, 1.82) is 0 Å².